The zero-order valence-electron chi connectivity index (χ0n) is 12.5. The first-order valence-corrected chi connectivity index (χ1v) is 9.17. The minimum absolute atomic E-state index is 0.111. The minimum Gasteiger partial charge on any atom is -0.335 e. The summed E-state index contributed by atoms with van der Waals surface area (Å²) in [6.45, 7) is 7.50. The molecule has 0 spiro atoms. The van der Waals surface area contributed by atoms with Gasteiger partial charge in [-0.05, 0) is 36.1 Å². The van der Waals surface area contributed by atoms with Gasteiger partial charge in [-0.2, -0.15) is 0 Å². The van der Waals surface area contributed by atoms with Crippen molar-refractivity contribution in [3.05, 3.63) is 24.3 Å². The van der Waals surface area contributed by atoms with Crippen LogP contribution in [-0.2, 0) is 10.0 Å². The highest BCUT2D eigenvalue weighted by Gasteiger charge is 2.25. The highest BCUT2D eigenvalue weighted by atomic mass is 32.2. The summed E-state index contributed by atoms with van der Waals surface area (Å²) in [6.07, 6.45) is 1.11. The molecule has 1 aliphatic rings. The molecule has 1 atom stereocenters. The fraction of sp³-hybridized carbons (Fsp3) is 0.500. The summed E-state index contributed by atoms with van der Waals surface area (Å²) in [4.78, 5) is 4.60. The summed E-state index contributed by atoms with van der Waals surface area (Å²) in [5.74, 6) is 0. The maximum atomic E-state index is 11.2. The van der Waals surface area contributed by atoms with Crippen molar-refractivity contribution in [2.45, 2.75) is 37.3 Å². The lowest BCUT2D eigenvalue weighted by atomic mass is 9.90. The average Bonchev–Trinajstić information content (AvgIpc) is 2.73. The Morgan fingerprint density at radius 3 is 2.48 bits per heavy atom. The Kier molecular flexibility index (Phi) is 4.65. The molecular formula is C14H21N3O2S2. The molecule has 0 bridgehead atoms. The van der Waals surface area contributed by atoms with Crippen molar-refractivity contribution in [1.29, 1.82) is 0 Å². The van der Waals surface area contributed by atoms with Crippen LogP contribution in [0.5, 0.6) is 0 Å². The molecule has 0 saturated heterocycles. The van der Waals surface area contributed by atoms with Crippen LogP contribution in [0.25, 0.3) is 0 Å². The number of nitrogens with zero attached hydrogens (tertiary/aromatic N) is 1. The SMILES string of the molecule is CC(C)(C)CC1CN=C(Nc2ccc(S(N)(=O)=O)cc2)S1. The van der Waals surface area contributed by atoms with E-state index in [1.54, 1.807) is 23.9 Å². The molecule has 0 aromatic heterocycles. The van der Waals surface area contributed by atoms with Crippen LogP contribution in [0.4, 0.5) is 5.69 Å². The van der Waals surface area contributed by atoms with Gasteiger partial charge in [-0.1, -0.05) is 32.5 Å². The highest BCUT2D eigenvalue weighted by Crippen LogP contribution is 2.32. The molecule has 5 nitrogen and oxygen atoms in total. The van der Waals surface area contributed by atoms with Gasteiger partial charge in [0.25, 0.3) is 0 Å². The predicted molar refractivity (Wildman–Crippen MR) is 89.2 cm³/mol. The first-order chi connectivity index (χ1) is 9.63. The summed E-state index contributed by atoms with van der Waals surface area (Å²) < 4.78 is 22.4. The molecule has 0 fully saturated rings. The van der Waals surface area contributed by atoms with Gasteiger partial charge in [0.15, 0.2) is 5.17 Å². The molecule has 2 rings (SSSR count). The van der Waals surface area contributed by atoms with Gasteiger partial charge in [-0.25, -0.2) is 13.6 Å². The number of rotatable bonds is 3. The van der Waals surface area contributed by atoms with E-state index in [0.29, 0.717) is 10.7 Å². The van der Waals surface area contributed by atoms with Crippen LogP contribution in [0, 0.1) is 5.41 Å². The zero-order chi connectivity index (χ0) is 15.7. The number of sulfonamides is 1. The molecule has 0 radical (unpaired) electrons. The second-order valence-electron chi connectivity index (χ2n) is 6.34. The Morgan fingerprint density at radius 2 is 1.95 bits per heavy atom. The molecule has 116 valence electrons. The molecule has 3 N–H and O–H groups in total. The number of primary sulfonamides is 1. The Hall–Kier alpha value is -1.05. The van der Waals surface area contributed by atoms with E-state index in [2.05, 4.69) is 31.1 Å². The zero-order valence-corrected chi connectivity index (χ0v) is 14.1. The van der Waals surface area contributed by atoms with Gasteiger partial charge in [0.05, 0.1) is 11.4 Å². The molecule has 7 heteroatoms. The normalized spacial score (nSPS) is 19.4. The Bertz CT molecular complexity index is 631. The molecule has 1 aromatic carbocycles. The summed E-state index contributed by atoms with van der Waals surface area (Å²) in [5.41, 5.74) is 1.10. The van der Waals surface area contributed by atoms with E-state index in [0.717, 1.165) is 23.8 Å². The standard InChI is InChI=1S/C14H21N3O2S2/c1-14(2,3)8-11-9-16-13(20-11)17-10-4-6-12(7-5-10)21(15,18)19/h4-7,11H,8-9H2,1-3H3,(H,16,17)(H2,15,18,19). The van der Waals surface area contributed by atoms with Crippen LogP contribution >= 0.6 is 11.8 Å². The van der Waals surface area contributed by atoms with Gasteiger partial charge in [-0.3, -0.25) is 4.99 Å². The summed E-state index contributed by atoms with van der Waals surface area (Å²) in [6, 6.07) is 6.37. The number of hydrogen-bond donors (Lipinski definition) is 2. The van der Waals surface area contributed by atoms with Crippen molar-refractivity contribution in [1.82, 2.24) is 0 Å². The van der Waals surface area contributed by atoms with Crippen molar-refractivity contribution in [2.24, 2.45) is 15.5 Å². The molecule has 1 unspecified atom stereocenters. The van der Waals surface area contributed by atoms with E-state index in [1.165, 1.54) is 12.1 Å². The van der Waals surface area contributed by atoms with Crippen LogP contribution in [0.2, 0.25) is 0 Å². The monoisotopic (exact) mass is 327 g/mol. The third-order valence-corrected chi connectivity index (χ3v) is 5.02. The predicted octanol–water partition coefficient (Wildman–Crippen LogP) is 2.65. The van der Waals surface area contributed by atoms with Gasteiger partial charge in [0, 0.05) is 10.9 Å². The minimum atomic E-state index is -3.64. The lowest BCUT2D eigenvalue weighted by Crippen LogP contribution is -2.16. The Morgan fingerprint density at radius 1 is 1.33 bits per heavy atom. The van der Waals surface area contributed by atoms with Crippen LogP contribution in [0.1, 0.15) is 27.2 Å². The van der Waals surface area contributed by atoms with E-state index < -0.39 is 10.0 Å². The topological polar surface area (TPSA) is 84.5 Å². The first kappa shape index (κ1) is 16.3. The van der Waals surface area contributed by atoms with Crippen molar-refractivity contribution < 1.29 is 8.42 Å². The van der Waals surface area contributed by atoms with E-state index >= 15 is 0 Å². The fourth-order valence-electron chi connectivity index (χ4n) is 2.13. The third-order valence-electron chi connectivity index (χ3n) is 2.99. The highest BCUT2D eigenvalue weighted by molar-refractivity contribution is 8.15. The summed E-state index contributed by atoms with van der Waals surface area (Å²) in [5, 5.41) is 9.66. The number of anilines is 1. The van der Waals surface area contributed by atoms with E-state index in [1.807, 2.05) is 0 Å². The van der Waals surface area contributed by atoms with Gasteiger partial charge in [0.1, 0.15) is 0 Å². The quantitative estimate of drug-likeness (QED) is 0.894. The molecule has 1 aliphatic heterocycles. The van der Waals surface area contributed by atoms with Crippen molar-refractivity contribution >= 4 is 32.6 Å². The fourth-order valence-corrected chi connectivity index (χ4v) is 4.02. The van der Waals surface area contributed by atoms with E-state index in [4.69, 9.17) is 5.14 Å². The Balaban J connectivity index is 1.95. The summed E-state index contributed by atoms with van der Waals surface area (Å²) >= 11 is 1.74. The number of thioether (sulfide) groups is 1. The van der Waals surface area contributed by atoms with Crippen LogP contribution < -0.4 is 10.5 Å². The van der Waals surface area contributed by atoms with E-state index in [-0.39, 0.29) is 4.90 Å². The number of benzene rings is 1. The third kappa shape index (κ3) is 5.01. The number of amidine groups is 1. The maximum absolute atomic E-state index is 11.2. The first-order valence-electron chi connectivity index (χ1n) is 6.74. The molecule has 1 aromatic rings. The molecule has 21 heavy (non-hydrogen) atoms. The Labute approximate surface area is 130 Å². The lowest BCUT2D eigenvalue weighted by molar-refractivity contribution is 0.375. The largest absolute Gasteiger partial charge is 0.335 e. The number of hydrogen-bond acceptors (Lipinski definition) is 5. The number of nitrogens with one attached hydrogen (secondary N) is 1. The van der Waals surface area contributed by atoms with Crippen molar-refractivity contribution in [2.75, 3.05) is 11.9 Å². The number of aliphatic imine (C=N–C) groups is 1. The smallest absolute Gasteiger partial charge is 0.238 e. The van der Waals surface area contributed by atoms with Crippen molar-refractivity contribution in [3.8, 4) is 0 Å². The molecule has 0 aliphatic carbocycles. The van der Waals surface area contributed by atoms with Crippen LogP contribution in [0.3, 0.4) is 0 Å². The van der Waals surface area contributed by atoms with Gasteiger partial charge >= 0.3 is 0 Å². The van der Waals surface area contributed by atoms with Gasteiger partial charge in [0.2, 0.25) is 10.0 Å². The van der Waals surface area contributed by atoms with Crippen molar-refractivity contribution in [3.63, 3.8) is 0 Å². The average molecular weight is 327 g/mol. The van der Waals surface area contributed by atoms with Gasteiger partial charge in [-0.15, -0.1) is 0 Å². The second kappa shape index (κ2) is 5.98. The molecule has 1 heterocycles. The summed E-state index contributed by atoms with van der Waals surface area (Å²) in [7, 11) is -3.64. The van der Waals surface area contributed by atoms with Gasteiger partial charge < -0.3 is 5.32 Å². The van der Waals surface area contributed by atoms with Crippen LogP contribution in [-0.4, -0.2) is 25.4 Å². The number of nitrogens with two attached hydrogens (primary N) is 1. The molecule has 0 amide bonds. The maximum Gasteiger partial charge on any atom is 0.238 e. The molecular weight excluding hydrogens is 306 g/mol. The van der Waals surface area contributed by atoms with E-state index in [9.17, 15) is 8.42 Å². The second-order valence-corrected chi connectivity index (χ2v) is 9.20. The van der Waals surface area contributed by atoms with Crippen LogP contribution in [0.15, 0.2) is 34.2 Å². The lowest BCUT2D eigenvalue weighted by Gasteiger charge is -2.21. The molecule has 0 saturated carbocycles.